The van der Waals surface area contributed by atoms with Gasteiger partial charge in [-0.05, 0) is 30.2 Å². The minimum absolute atomic E-state index is 0.0709. The highest BCUT2D eigenvalue weighted by molar-refractivity contribution is 6.41. The van der Waals surface area contributed by atoms with Crippen molar-refractivity contribution in [3.63, 3.8) is 0 Å². The van der Waals surface area contributed by atoms with Crippen LogP contribution in [0.15, 0.2) is 0 Å². The molecule has 0 aliphatic carbocycles. The van der Waals surface area contributed by atoms with Gasteiger partial charge < -0.3 is 4.90 Å². The zero-order valence-corrected chi connectivity index (χ0v) is 11.8. The SMILES string of the molecule is CCN(CC)CC(C)[SiH2]C(C)(C)C. The highest BCUT2D eigenvalue weighted by Crippen LogP contribution is 2.26. The average Bonchev–Trinajstić information content (AvgIpc) is 1.96. The molecule has 13 heavy (non-hydrogen) atoms. The van der Waals surface area contributed by atoms with Gasteiger partial charge in [0.1, 0.15) is 0 Å². The van der Waals surface area contributed by atoms with Crippen molar-refractivity contribution in [2.24, 2.45) is 0 Å². The van der Waals surface area contributed by atoms with Gasteiger partial charge >= 0.3 is 0 Å². The van der Waals surface area contributed by atoms with Crippen LogP contribution in [0.25, 0.3) is 0 Å². The largest absolute Gasteiger partial charge is 0.304 e. The van der Waals surface area contributed by atoms with Crippen molar-refractivity contribution in [1.29, 1.82) is 0 Å². The van der Waals surface area contributed by atoms with Crippen LogP contribution in [0.5, 0.6) is 0 Å². The van der Waals surface area contributed by atoms with Gasteiger partial charge in [-0.1, -0.05) is 41.5 Å². The van der Waals surface area contributed by atoms with Gasteiger partial charge in [-0.25, -0.2) is 0 Å². The molecule has 0 N–H and O–H groups in total. The van der Waals surface area contributed by atoms with Crippen LogP contribution in [0.3, 0.4) is 0 Å². The van der Waals surface area contributed by atoms with Crippen molar-refractivity contribution in [2.45, 2.75) is 52.1 Å². The standard InChI is InChI=1S/C11H27NSi/c1-7-12(8-2)9-10(3)13-11(4,5)6/h10H,7-9,13H2,1-6H3. The van der Waals surface area contributed by atoms with Gasteiger partial charge in [-0.15, -0.1) is 0 Å². The number of hydrogen-bond acceptors (Lipinski definition) is 1. The van der Waals surface area contributed by atoms with Gasteiger partial charge in [-0.2, -0.15) is 0 Å². The first-order valence-electron chi connectivity index (χ1n) is 5.61. The Morgan fingerprint density at radius 1 is 1.15 bits per heavy atom. The molecule has 1 nitrogen and oxygen atoms in total. The van der Waals surface area contributed by atoms with Crippen molar-refractivity contribution in [2.75, 3.05) is 19.6 Å². The Bertz CT molecular complexity index is 125. The fraction of sp³-hybridized carbons (Fsp3) is 1.00. The molecule has 0 spiro atoms. The second kappa shape index (κ2) is 5.81. The summed E-state index contributed by atoms with van der Waals surface area (Å²) in [5, 5.41) is 0.618. The second-order valence-corrected chi connectivity index (χ2v) is 9.28. The zero-order valence-electron chi connectivity index (χ0n) is 10.4. The Labute approximate surface area is 86.7 Å². The van der Waals surface area contributed by atoms with Crippen LogP contribution >= 0.6 is 0 Å². The fourth-order valence-corrected chi connectivity index (χ4v) is 4.62. The van der Waals surface area contributed by atoms with E-state index in [9.17, 15) is 0 Å². The van der Waals surface area contributed by atoms with Crippen LogP contribution in [0, 0.1) is 0 Å². The van der Waals surface area contributed by atoms with E-state index >= 15 is 0 Å². The first-order chi connectivity index (χ1) is 5.89. The topological polar surface area (TPSA) is 3.24 Å². The molecule has 1 unspecified atom stereocenters. The normalized spacial score (nSPS) is 15.9. The van der Waals surface area contributed by atoms with E-state index in [1.165, 1.54) is 19.6 Å². The summed E-state index contributed by atoms with van der Waals surface area (Å²) >= 11 is 0. The van der Waals surface area contributed by atoms with E-state index in [4.69, 9.17) is 0 Å². The van der Waals surface area contributed by atoms with Gasteiger partial charge in [0.25, 0.3) is 0 Å². The van der Waals surface area contributed by atoms with Crippen LogP contribution in [-0.2, 0) is 0 Å². The molecule has 1 atom stereocenters. The van der Waals surface area contributed by atoms with Crippen LogP contribution in [-0.4, -0.2) is 34.1 Å². The van der Waals surface area contributed by atoms with Gasteiger partial charge in [-0.3, -0.25) is 0 Å². The lowest BCUT2D eigenvalue weighted by Gasteiger charge is -2.27. The third kappa shape index (κ3) is 7.26. The van der Waals surface area contributed by atoms with E-state index in [1.807, 2.05) is 0 Å². The maximum absolute atomic E-state index is 2.55. The van der Waals surface area contributed by atoms with E-state index in [2.05, 4.69) is 46.4 Å². The maximum Gasteiger partial charge on any atom is 0.0305 e. The highest BCUT2D eigenvalue weighted by atomic mass is 28.2. The molecule has 0 heterocycles. The number of nitrogens with zero attached hydrogens (tertiary/aromatic N) is 1. The molecule has 0 aliphatic heterocycles. The van der Waals surface area contributed by atoms with Crippen molar-refractivity contribution < 1.29 is 0 Å². The summed E-state index contributed by atoms with van der Waals surface area (Å²) in [5.41, 5.74) is 0.958. The molecule has 0 radical (unpaired) electrons. The molecule has 80 valence electrons. The van der Waals surface area contributed by atoms with Crippen LogP contribution < -0.4 is 0 Å². The van der Waals surface area contributed by atoms with Crippen molar-refractivity contribution >= 4 is 9.52 Å². The van der Waals surface area contributed by atoms with Crippen molar-refractivity contribution in [3.05, 3.63) is 0 Å². The second-order valence-electron chi connectivity index (χ2n) is 5.36. The molecule has 2 heteroatoms. The number of rotatable bonds is 5. The summed E-state index contributed by atoms with van der Waals surface area (Å²) in [6, 6.07) is 0. The van der Waals surface area contributed by atoms with E-state index in [1.54, 1.807) is 0 Å². The van der Waals surface area contributed by atoms with Gasteiger partial charge in [0.15, 0.2) is 0 Å². The Morgan fingerprint density at radius 2 is 1.62 bits per heavy atom. The smallest absolute Gasteiger partial charge is 0.0305 e. The van der Waals surface area contributed by atoms with Gasteiger partial charge in [0.2, 0.25) is 0 Å². The number of hydrogen-bond donors (Lipinski definition) is 0. The molecular weight excluding hydrogens is 174 g/mol. The summed E-state index contributed by atoms with van der Waals surface area (Å²) in [6.07, 6.45) is 0. The highest BCUT2D eigenvalue weighted by Gasteiger charge is 2.17. The lowest BCUT2D eigenvalue weighted by atomic mass is 10.2. The van der Waals surface area contributed by atoms with Crippen molar-refractivity contribution in [1.82, 2.24) is 4.90 Å². The van der Waals surface area contributed by atoms with Gasteiger partial charge in [0, 0.05) is 9.52 Å². The molecule has 0 amide bonds. The molecule has 0 saturated carbocycles. The Morgan fingerprint density at radius 3 is 1.92 bits per heavy atom. The summed E-state index contributed by atoms with van der Waals surface area (Å²) in [7, 11) is 0.0709. The minimum Gasteiger partial charge on any atom is -0.304 e. The van der Waals surface area contributed by atoms with Crippen molar-refractivity contribution in [3.8, 4) is 0 Å². The lowest BCUT2D eigenvalue weighted by molar-refractivity contribution is 0.303. The molecule has 0 aromatic rings. The summed E-state index contributed by atoms with van der Waals surface area (Å²) in [4.78, 5) is 2.55. The average molecular weight is 201 g/mol. The van der Waals surface area contributed by atoms with Crippen LogP contribution in [0.2, 0.25) is 10.6 Å². The third-order valence-electron chi connectivity index (χ3n) is 2.43. The Balaban J connectivity index is 3.79. The summed E-state index contributed by atoms with van der Waals surface area (Å²) < 4.78 is 0. The first-order valence-corrected chi connectivity index (χ1v) is 7.13. The quantitative estimate of drug-likeness (QED) is 0.618. The Kier molecular flexibility index (Phi) is 5.89. The Hall–Kier alpha value is 0.177. The molecular formula is C11H27NSi. The first kappa shape index (κ1) is 13.2. The van der Waals surface area contributed by atoms with Gasteiger partial charge in [0.05, 0.1) is 0 Å². The summed E-state index contributed by atoms with van der Waals surface area (Å²) in [5.74, 6) is 0. The molecule has 0 aromatic heterocycles. The molecule has 0 bridgehead atoms. The monoisotopic (exact) mass is 201 g/mol. The molecule has 0 fully saturated rings. The van der Waals surface area contributed by atoms with E-state index in [0.717, 1.165) is 5.54 Å². The maximum atomic E-state index is 2.55. The molecule has 0 aliphatic rings. The molecule has 0 saturated heterocycles. The zero-order chi connectivity index (χ0) is 10.5. The van der Waals surface area contributed by atoms with Crippen LogP contribution in [0.1, 0.15) is 41.5 Å². The predicted molar refractivity (Wildman–Crippen MR) is 65.5 cm³/mol. The minimum atomic E-state index is 0.0709. The lowest BCUT2D eigenvalue weighted by Crippen LogP contribution is -2.29. The summed E-state index contributed by atoms with van der Waals surface area (Å²) in [6.45, 7) is 17.8. The van der Waals surface area contributed by atoms with E-state index < -0.39 is 0 Å². The third-order valence-corrected chi connectivity index (χ3v) is 4.61. The predicted octanol–water partition coefficient (Wildman–Crippen LogP) is 2.52. The van der Waals surface area contributed by atoms with Crippen LogP contribution in [0.4, 0.5) is 0 Å². The molecule has 0 rings (SSSR count). The van der Waals surface area contributed by atoms with E-state index in [0.29, 0.717) is 5.04 Å². The van der Waals surface area contributed by atoms with E-state index in [-0.39, 0.29) is 9.52 Å². The molecule has 0 aromatic carbocycles. The fourth-order valence-electron chi connectivity index (χ4n) is 2.03.